The highest BCUT2D eigenvalue weighted by Crippen LogP contribution is 1.99. The van der Waals surface area contributed by atoms with Crippen LogP contribution >= 0.6 is 0 Å². The summed E-state index contributed by atoms with van der Waals surface area (Å²) in [7, 11) is 3.67. The SMILES string of the molecule is C=C(C)C(=O)OCC[N+](C)(C)CC(=O)CO. The fourth-order valence-corrected chi connectivity index (χ4v) is 1.12. The maximum Gasteiger partial charge on any atom is 0.333 e. The lowest BCUT2D eigenvalue weighted by molar-refractivity contribution is -0.882. The Bertz CT molecular complexity index is 284. The predicted molar refractivity (Wildman–Crippen MR) is 59.7 cm³/mol. The van der Waals surface area contributed by atoms with Crippen LogP contribution in [0, 0.1) is 0 Å². The Morgan fingerprint density at radius 3 is 2.38 bits per heavy atom. The van der Waals surface area contributed by atoms with Crippen molar-refractivity contribution in [3.05, 3.63) is 12.2 Å². The van der Waals surface area contributed by atoms with Gasteiger partial charge >= 0.3 is 5.97 Å². The van der Waals surface area contributed by atoms with Crippen molar-refractivity contribution in [1.29, 1.82) is 0 Å². The van der Waals surface area contributed by atoms with Crippen molar-refractivity contribution in [1.82, 2.24) is 0 Å². The van der Waals surface area contributed by atoms with Gasteiger partial charge in [-0.15, -0.1) is 0 Å². The summed E-state index contributed by atoms with van der Waals surface area (Å²) in [6.07, 6.45) is 0. The van der Waals surface area contributed by atoms with Crippen molar-refractivity contribution in [3.8, 4) is 0 Å². The normalized spacial score (nSPS) is 11.0. The van der Waals surface area contributed by atoms with Crippen LogP contribution in [0.1, 0.15) is 6.92 Å². The Kier molecular flexibility index (Phi) is 5.92. The first-order valence-corrected chi connectivity index (χ1v) is 5.05. The van der Waals surface area contributed by atoms with Crippen molar-refractivity contribution in [3.63, 3.8) is 0 Å². The highest BCUT2D eigenvalue weighted by molar-refractivity contribution is 5.86. The van der Waals surface area contributed by atoms with Gasteiger partial charge in [0.25, 0.3) is 0 Å². The number of rotatable bonds is 7. The van der Waals surface area contributed by atoms with Crippen LogP contribution in [0.4, 0.5) is 0 Å². The second-order valence-electron chi connectivity index (χ2n) is 4.43. The molecule has 0 fully saturated rings. The van der Waals surface area contributed by atoms with E-state index in [-0.39, 0.29) is 18.9 Å². The van der Waals surface area contributed by atoms with E-state index in [0.29, 0.717) is 16.6 Å². The summed E-state index contributed by atoms with van der Waals surface area (Å²) < 4.78 is 5.30. The molecule has 0 aliphatic carbocycles. The average Bonchev–Trinajstić information content (AvgIpc) is 2.16. The topological polar surface area (TPSA) is 63.6 Å². The summed E-state index contributed by atoms with van der Waals surface area (Å²) >= 11 is 0. The Balaban J connectivity index is 3.95. The molecule has 92 valence electrons. The summed E-state index contributed by atoms with van der Waals surface area (Å²) in [5.74, 6) is -0.648. The highest BCUT2D eigenvalue weighted by Gasteiger charge is 2.19. The minimum absolute atomic E-state index is 0.223. The molecule has 0 unspecified atom stereocenters. The van der Waals surface area contributed by atoms with Crippen molar-refractivity contribution < 1.29 is 23.9 Å². The molecule has 0 aromatic carbocycles. The Labute approximate surface area is 95.9 Å². The zero-order valence-corrected chi connectivity index (χ0v) is 10.2. The molecule has 5 nitrogen and oxygen atoms in total. The molecule has 0 saturated heterocycles. The van der Waals surface area contributed by atoms with Gasteiger partial charge in [-0.3, -0.25) is 4.79 Å². The number of ether oxygens (including phenoxy) is 1. The van der Waals surface area contributed by atoms with Gasteiger partial charge in [0.2, 0.25) is 5.78 Å². The van der Waals surface area contributed by atoms with E-state index < -0.39 is 12.6 Å². The molecule has 1 N–H and O–H groups in total. The van der Waals surface area contributed by atoms with E-state index in [0.717, 1.165) is 0 Å². The van der Waals surface area contributed by atoms with Crippen molar-refractivity contribution >= 4 is 11.8 Å². The first kappa shape index (κ1) is 14.8. The minimum Gasteiger partial charge on any atom is -0.456 e. The number of nitrogens with zero attached hydrogens (tertiary/aromatic N) is 1. The first-order chi connectivity index (χ1) is 7.28. The van der Waals surface area contributed by atoms with E-state index in [1.807, 2.05) is 14.1 Å². The molecule has 16 heavy (non-hydrogen) atoms. The molecule has 0 heterocycles. The minimum atomic E-state index is -0.451. The smallest absolute Gasteiger partial charge is 0.333 e. The van der Waals surface area contributed by atoms with Crippen LogP contribution in [0.5, 0.6) is 0 Å². The lowest BCUT2D eigenvalue weighted by Gasteiger charge is -2.28. The maximum absolute atomic E-state index is 11.1. The van der Waals surface area contributed by atoms with Gasteiger partial charge in [-0.25, -0.2) is 4.79 Å². The average molecular weight is 230 g/mol. The molecular weight excluding hydrogens is 210 g/mol. The molecule has 0 spiro atoms. The van der Waals surface area contributed by atoms with Crippen LogP contribution in [0.2, 0.25) is 0 Å². The van der Waals surface area contributed by atoms with E-state index >= 15 is 0 Å². The zero-order chi connectivity index (χ0) is 12.8. The molecule has 0 amide bonds. The summed E-state index contributed by atoms with van der Waals surface area (Å²) in [6.45, 7) is 5.57. The summed E-state index contributed by atoms with van der Waals surface area (Å²) in [5, 5.41) is 8.63. The van der Waals surface area contributed by atoms with Gasteiger partial charge in [0.15, 0.2) is 0 Å². The van der Waals surface area contributed by atoms with Crippen LogP contribution in [-0.2, 0) is 14.3 Å². The second-order valence-corrected chi connectivity index (χ2v) is 4.43. The lowest BCUT2D eigenvalue weighted by Crippen LogP contribution is -2.46. The molecule has 0 bridgehead atoms. The fourth-order valence-electron chi connectivity index (χ4n) is 1.12. The fraction of sp³-hybridized carbons (Fsp3) is 0.636. The number of ketones is 1. The van der Waals surface area contributed by atoms with E-state index in [1.54, 1.807) is 6.92 Å². The zero-order valence-electron chi connectivity index (χ0n) is 10.2. The molecule has 0 atom stereocenters. The van der Waals surface area contributed by atoms with Crippen LogP contribution in [0.25, 0.3) is 0 Å². The number of Topliss-reactive ketones (excluding diaryl/α,β-unsaturated/α-hetero) is 1. The van der Waals surface area contributed by atoms with E-state index in [1.165, 1.54) is 0 Å². The number of likely N-dealkylation sites (N-methyl/N-ethyl adjacent to an activating group) is 1. The third-order valence-electron chi connectivity index (χ3n) is 2.06. The van der Waals surface area contributed by atoms with Crippen LogP contribution in [-0.4, -0.2) is 61.7 Å². The summed E-state index contributed by atoms with van der Waals surface area (Å²) in [6, 6.07) is 0. The van der Waals surface area contributed by atoms with Gasteiger partial charge < -0.3 is 14.3 Å². The van der Waals surface area contributed by atoms with Gasteiger partial charge in [0.1, 0.15) is 26.3 Å². The molecule has 0 saturated carbocycles. The van der Waals surface area contributed by atoms with Crippen LogP contribution in [0.3, 0.4) is 0 Å². The maximum atomic E-state index is 11.1. The van der Waals surface area contributed by atoms with Gasteiger partial charge in [0, 0.05) is 5.57 Å². The van der Waals surface area contributed by atoms with Gasteiger partial charge in [0.05, 0.1) is 14.1 Å². The molecule has 0 aliphatic rings. The molecule has 0 rings (SSSR count). The number of hydrogen-bond donors (Lipinski definition) is 1. The number of hydrogen-bond acceptors (Lipinski definition) is 4. The predicted octanol–water partition coefficient (Wildman–Crippen LogP) is -0.256. The second kappa shape index (κ2) is 6.40. The molecule has 0 aliphatic heterocycles. The number of aliphatic hydroxyl groups excluding tert-OH is 1. The van der Waals surface area contributed by atoms with Crippen molar-refractivity contribution in [2.45, 2.75) is 6.92 Å². The number of esters is 1. The number of carbonyl (C=O) groups excluding carboxylic acids is 2. The number of carbonyl (C=O) groups is 2. The summed E-state index contributed by atoms with van der Waals surface area (Å²) in [4.78, 5) is 22.1. The van der Waals surface area contributed by atoms with Gasteiger partial charge in [-0.2, -0.15) is 0 Å². The molecular formula is C11H20NO4+. The number of quaternary nitrogens is 1. The number of aliphatic hydroxyl groups is 1. The van der Waals surface area contributed by atoms with Crippen molar-refractivity contribution in [2.75, 3.05) is 40.4 Å². The Morgan fingerprint density at radius 2 is 1.94 bits per heavy atom. The van der Waals surface area contributed by atoms with Gasteiger partial charge in [-0.05, 0) is 6.92 Å². The molecule has 5 heteroatoms. The van der Waals surface area contributed by atoms with E-state index in [9.17, 15) is 9.59 Å². The largest absolute Gasteiger partial charge is 0.456 e. The van der Waals surface area contributed by atoms with Crippen molar-refractivity contribution in [2.24, 2.45) is 0 Å². The van der Waals surface area contributed by atoms with Gasteiger partial charge in [-0.1, -0.05) is 6.58 Å². The highest BCUT2D eigenvalue weighted by atomic mass is 16.5. The Morgan fingerprint density at radius 1 is 1.38 bits per heavy atom. The quantitative estimate of drug-likeness (QED) is 0.372. The summed E-state index contributed by atoms with van der Waals surface area (Å²) in [5.41, 5.74) is 0.358. The molecule has 0 aromatic rings. The lowest BCUT2D eigenvalue weighted by atomic mass is 10.3. The Hall–Kier alpha value is -1.20. The third-order valence-corrected chi connectivity index (χ3v) is 2.06. The standard InChI is InChI=1S/C11H20NO4/c1-9(2)11(15)16-6-5-12(3,4)7-10(14)8-13/h13H,1,5-8H2,2-4H3/q+1. The first-order valence-electron chi connectivity index (χ1n) is 5.05. The van der Waals surface area contributed by atoms with Crippen LogP contribution in [0.15, 0.2) is 12.2 Å². The van der Waals surface area contributed by atoms with E-state index in [4.69, 9.17) is 9.84 Å². The molecule has 0 aromatic heterocycles. The van der Waals surface area contributed by atoms with E-state index in [2.05, 4.69) is 6.58 Å². The third kappa shape index (κ3) is 6.31. The van der Waals surface area contributed by atoms with Crippen LogP contribution < -0.4 is 0 Å². The monoisotopic (exact) mass is 230 g/mol. The molecule has 0 radical (unpaired) electrons.